The molecule has 0 saturated heterocycles. The van der Waals surface area contributed by atoms with Crippen LogP contribution in [0, 0.1) is 0 Å². The van der Waals surface area contributed by atoms with Gasteiger partial charge >= 0.3 is 5.97 Å². The summed E-state index contributed by atoms with van der Waals surface area (Å²) in [7, 11) is 3.07. The van der Waals surface area contributed by atoms with Gasteiger partial charge < -0.3 is 19.5 Å². The van der Waals surface area contributed by atoms with Crippen molar-refractivity contribution < 1.29 is 23.8 Å². The van der Waals surface area contributed by atoms with Crippen LogP contribution in [0.1, 0.15) is 37.7 Å². The molecule has 0 fully saturated rings. The standard InChI is InChI=1S/C21H27NO5/c1-25-18-10-6-9-17(21(18)26-2)11-12-20(24)27-15-19(23)22-14-13-16-7-4-3-5-8-16/h6-7,9-12H,3-5,8,13-15H2,1-2H3,(H,22,23)/b12-11+. The van der Waals surface area contributed by atoms with Gasteiger partial charge in [-0.3, -0.25) is 4.79 Å². The molecule has 0 aromatic heterocycles. The second-order valence-electron chi connectivity index (χ2n) is 6.23. The minimum atomic E-state index is -0.593. The van der Waals surface area contributed by atoms with Crippen LogP contribution in [0.5, 0.6) is 11.5 Å². The summed E-state index contributed by atoms with van der Waals surface area (Å²) < 4.78 is 15.5. The Labute approximate surface area is 160 Å². The van der Waals surface area contributed by atoms with E-state index in [4.69, 9.17) is 14.2 Å². The maximum absolute atomic E-state index is 11.8. The molecule has 1 amide bonds. The van der Waals surface area contributed by atoms with Gasteiger partial charge in [-0.25, -0.2) is 4.79 Å². The van der Waals surface area contributed by atoms with Crippen LogP contribution in [-0.2, 0) is 14.3 Å². The van der Waals surface area contributed by atoms with Gasteiger partial charge in [-0.15, -0.1) is 0 Å². The molecule has 0 heterocycles. The molecule has 1 aromatic carbocycles. The van der Waals surface area contributed by atoms with Crippen LogP contribution in [0.25, 0.3) is 6.08 Å². The third-order valence-electron chi connectivity index (χ3n) is 4.33. The topological polar surface area (TPSA) is 73.9 Å². The summed E-state index contributed by atoms with van der Waals surface area (Å²) in [4.78, 5) is 23.6. The molecule has 1 aromatic rings. The molecule has 0 bridgehead atoms. The molecule has 1 aliphatic carbocycles. The maximum Gasteiger partial charge on any atom is 0.331 e. The van der Waals surface area contributed by atoms with Gasteiger partial charge in [-0.2, -0.15) is 0 Å². The molecule has 0 unspecified atom stereocenters. The molecule has 2 rings (SSSR count). The first-order chi connectivity index (χ1) is 13.1. The monoisotopic (exact) mass is 373 g/mol. The molecule has 1 N–H and O–H groups in total. The van der Waals surface area contributed by atoms with Gasteiger partial charge in [0.05, 0.1) is 14.2 Å². The van der Waals surface area contributed by atoms with Crippen molar-refractivity contribution in [2.24, 2.45) is 0 Å². The predicted molar refractivity (Wildman–Crippen MR) is 104 cm³/mol. The summed E-state index contributed by atoms with van der Waals surface area (Å²) >= 11 is 0. The third kappa shape index (κ3) is 6.81. The van der Waals surface area contributed by atoms with Crippen LogP contribution in [-0.4, -0.2) is 39.2 Å². The van der Waals surface area contributed by atoms with Gasteiger partial charge in [0.1, 0.15) is 0 Å². The van der Waals surface area contributed by atoms with Crippen molar-refractivity contribution in [3.63, 3.8) is 0 Å². The molecule has 0 spiro atoms. The Balaban J connectivity index is 1.74. The van der Waals surface area contributed by atoms with Crippen molar-refractivity contribution in [1.29, 1.82) is 0 Å². The van der Waals surface area contributed by atoms with Crippen molar-refractivity contribution in [2.45, 2.75) is 32.1 Å². The summed E-state index contributed by atoms with van der Waals surface area (Å²) in [6.45, 7) is 0.274. The maximum atomic E-state index is 11.8. The summed E-state index contributed by atoms with van der Waals surface area (Å²) in [5.74, 6) is 0.205. The zero-order valence-corrected chi connectivity index (χ0v) is 16.0. The summed E-state index contributed by atoms with van der Waals surface area (Å²) in [6.07, 6.45) is 10.7. The highest BCUT2D eigenvalue weighted by Gasteiger charge is 2.09. The van der Waals surface area contributed by atoms with Crippen LogP contribution in [0.15, 0.2) is 35.9 Å². The minimum absolute atomic E-state index is 0.294. The van der Waals surface area contributed by atoms with Crippen molar-refractivity contribution in [3.05, 3.63) is 41.5 Å². The van der Waals surface area contributed by atoms with E-state index in [9.17, 15) is 9.59 Å². The van der Waals surface area contributed by atoms with Gasteiger partial charge in [-0.1, -0.05) is 23.8 Å². The molecular formula is C21H27NO5. The number of hydrogen-bond donors (Lipinski definition) is 1. The quantitative estimate of drug-likeness (QED) is 0.409. The van der Waals surface area contributed by atoms with E-state index in [0.717, 1.165) is 19.3 Å². The average molecular weight is 373 g/mol. The molecule has 6 heteroatoms. The van der Waals surface area contributed by atoms with E-state index in [2.05, 4.69) is 11.4 Å². The number of para-hydroxylation sites is 1. The first kappa shape index (κ1) is 20.6. The molecular weight excluding hydrogens is 346 g/mol. The molecule has 0 atom stereocenters. The molecule has 0 radical (unpaired) electrons. The highest BCUT2D eigenvalue weighted by Crippen LogP contribution is 2.31. The fourth-order valence-corrected chi connectivity index (χ4v) is 2.93. The zero-order chi connectivity index (χ0) is 19.5. The lowest BCUT2D eigenvalue weighted by atomic mass is 9.97. The van der Waals surface area contributed by atoms with E-state index in [0.29, 0.717) is 23.6 Å². The van der Waals surface area contributed by atoms with Gasteiger partial charge in [0, 0.05) is 18.2 Å². The number of rotatable bonds is 9. The molecule has 0 saturated carbocycles. The average Bonchev–Trinajstić information content (AvgIpc) is 2.71. The van der Waals surface area contributed by atoms with Crippen LogP contribution in [0.3, 0.4) is 0 Å². The van der Waals surface area contributed by atoms with Crippen LogP contribution < -0.4 is 14.8 Å². The van der Waals surface area contributed by atoms with E-state index >= 15 is 0 Å². The number of allylic oxidation sites excluding steroid dienone is 1. The van der Waals surface area contributed by atoms with Crippen LogP contribution in [0.2, 0.25) is 0 Å². The normalized spacial score (nSPS) is 13.8. The fourth-order valence-electron chi connectivity index (χ4n) is 2.93. The third-order valence-corrected chi connectivity index (χ3v) is 4.33. The van der Waals surface area contributed by atoms with Crippen LogP contribution in [0.4, 0.5) is 0 Å². The Morgan fingerprint density at radius 3 is 2.74 bits per heavy atom. The van der Waals surface area contributed by atoms with Crippen LogP contribution >= 0.6 is 0 Å². The van der Waals surface area contributed by atoms with Gasteiger partial charge in [-0.05, 0) is 44.2 Å². The SMILES string of the molecule is COc1cccc(/C=C/C(=O)OCC(=O)NCCC2=CCCCC2)c1OC. The lowest BCUT2D eigenvalue weighted by Crippen LogP contribution is -2.29. The summed E-state index contributed by atoms with van der Waals surface area (Å²) in [5, 5.41) is 2.77. The van der Waals surface area contributed by atoms with Gasteiger partial charge in [0.25, 0.3) is 5.91 Å². The van der Waals surface area contributed by atoms with E-state index in [1.54, 1.807) is 31.4 Å². The van der Waals surface area contributed by atoms with Crippen molar-refractivity contribution in [3.8, 4) is 11.5 Å². The van der Waals surface area contributed by atoms with Gasteiger partial charge in [0.2, 0.25) is 0 Å². The molecule has 0 aliphatic heterocycles. The first-order valence-corrected chi connectivity index (χ1v) is 9.14. The number of carbonyl (C=O) groups excluding carboxylic acids is 2. The van der Waals surface area contributed by atoms with E-state index in [-0.39, 0.29) is 12.5 Å². The van der Waals surface area contributed by atoms with Gasteiger partial charge in [0.15, 0.2) is 18.1 Å². The molecule has 1 aliphatic rings. The predicted octanol–water partition coefficient (Wildman–Crippen LogP) is 3.27. The summed E-state index contributed by atoms with van der Waals surface area (Å²) in [6, 6.07) is 5.35. The molecule has 6 nitrogen and oxygen atoms in total. The van der Waals surface area contributed by atoms with E-state index in [1.807, 2.05) is 0 Å². The van der Waals surface area contributed by atoms with Crippen molar-refractivity contribution >= 4 is 18.0 Å². The van der Waals surface area contributed by atoms with Crippen molar-refractivity contribution in [1.82, 2.24) is 5.32 Å². The smallest absolute Gasteiger partial charge is 0.331 e. The number of benzene rings is 1. The lowest BCUT2D eigenvalue weighted by Gasteiger charge is -2.12. The number of nitrogens with one attached hydrogen (secondary N) is 1. The van der Waals surface area contributed by atoms with E-state index in [1.165, 1.54) is 31.6 Å². The highest BCUT2D eigenvalue weighted by atomic mass is 16.5. The fraction of sp³-hybridized carbons (Fsp3) is 0.429. The summed E-state index contributed by atoms with van der Waals surface area (Å²) in [5.41, 5.74) is 2.08. The first-order valence-electron chi connectivity index (χ1n) is 9.14. The number of esters is 1. The number of amides is 1. The van der Waals surface area contributed by atoms with E-state index < -0.39 is 5.97 Å². The number of hydrogen-bond acceptors (Lipinski definition) is 5. The lowest BCUT2D eigenvalue weighted by molar-refractivity contribution is -0.143. The second-order valence-corrected chi connectivity index (χ2v) is 6.23. The van der Waals surface area contributed by atoms with Crippen molar-refractivity contribution in [2.75, 3.05) is 27.4 Å². The number of ether oxygens (including phenoxy) is 3. The number of carbonyl (C=O) groups is 2. The Morgan fingerprint density at radius 2 is 2.04 bits per heavy atom. The Morgan fingerprint density at radius 1 is 1.19 bits per heavy atom. The molecule has 146 valence electrons. The minimum Gasteiger partial charge on any atom is -0.493 e. The number of methoxy groups -OCH3 is 2. The highest BCUT2D eigenvalue weighted by molar-refractivity contribution is 5.89. The Bertz CT molecular complexity index is 709. The zero-order valence-electron chi connectivity index (χ0n) is 16.0. The largest absolute Gasteiger partial charge is 0.493 e. The second kappa shape index (κ2) is 11.1. The molecule has 27 heavy (non-hydrogen) atoms. The Kier molecular flexibility index (Phi) is 8.42. The Hall–Kier alpha value is -2.76.